The van der Waals surface area contributed by atoms with E-state index in [1.165, 1.54) is 10.8 Å². The van der Waals surface area contributed by atoms with Crippen molar-refractivity contribution in [1.29, 1.82) is 0 Å². The number of pyridine rings is 1. The fourth-order valence-electron chi connectivity index (χ4n) is 5.14. The molecule has 3 N–H and O–H groups in total. The highest BCUT2D eigenvalue weighted by molar-refractivity contribution is 5.86. The SMILES string of the molecule is C[C@]12C[C@H](N)[C@@H]1CN(c1c(F)cc3c(=O)c(OC(=O)O)cn(C4CC4)c3c1F)C2. The summed E-state index contributed by atoms with van der Waals surface area (Å²) in [7, 11) is 0. The highest BCUT2D eigenvalue weighted by Crippen LogP contribution is 2.52. The quantitative estimate of drug-likeness (QED) is 0.762. The van der Waals surface area contributed by atoms with Crippen LogP contribution in [0, 0.1) is 23.0 Å². The van der Waals surface area contributed by atoms with Crippen LogP contribution in [0.5, 0.6) is 5.75 Å². The summed E-state index contributed by atoms with van der Waals surface area (Å²) in [6.45, 7) is 3.04. The van der Waals surface area contributed by atoms with Crippen molar-refractivity contribution in [2.24, 2.45) is 17.1 Å². The molecule has 7 nitrogen and oxygen atoms in total. The van der Waals surface area contributed by atoms with E-state index >= 15 is 8.78 Å². The second-order valence-corrected chi connectivity index (χ2v) is 8.76. The van der Waals surface area contributed by atoms with E-state index in [2.05, 4.69) is 11.7 Å². The second kappa shape index (κ2) is 5.91. The zero-order valence-corrected chi connectivity index (χ0v) is 15.8. The van der Waals surface area contributed by atoms with Crippen LogP contribution in [-0.4, -0.2) is 35.0 Å². The Morgan fingerprint density at radius 1 is 1.38 bits per heavy atom. The van der Waals surface area contributed by atoms with Gasteiger partial charge in [-0.25, -0.2) is 13.6 Å². The maximum Gasteiger partial charge on any atom is 0.511 e. The summed E-state index contributed by atoms with van der Waals surface area (Å²) < 4.78 is 36.8. The molecule has 2 aliphatic carbocycles. The molecular formula is C20H21F2N3O4. The van der Waals surface area contributed by atoms with Crippen LogP contribution >= 0.6 is 0 Å². The van der Waals surface area contributed by atoms with E-state index in [-0.39, 0.29) is 40.0 Å². The number of nitrogens with zero attached hydrogens (tertiary/aromatic N) is 2. The molecule has 1 aliphatic heterocycles. The number of hydrogen-bond acceptors (Lipinski definition) is 5. The Morgan fingerprint density at radius 2 is 2.10 bits per heavy atom. The van der Waals surface area contributed by atoms with Crippen molar-refractivity contribution in [3.05, 3.63) is 34.1 Å². The number of fused-ring (bicyclic) bond motifs is 2. The molecule has 0 spiro atoms. The van der Waals surface area contributed by atoms with Gasteiger partial charge in [0, 0.05) is 25.2 Å². The predicted molar refractivity (Wildman–Crippen MR) is 101 cm³/mol. The van der Waals surface area contributed by atoms with Crippen LogP contribution in [0.2, 0.25) is 0 Å². The molecule has 2 heterocycles. The first-order valence-corrected chi connectivity index (χ1v) is 9.68. The molecule has 1 aromatic carbocycles. The molecule has 1 saturated heterocycles. The van der Waals surface area contributed by atoms with Gasteiger partial charge in [0.25, 0.3) is 0 Å². The van der Waals surface area contributed by atoms with E-state index in [1.54, 1.807) is 4.90 Å². The number of nitrogens with two attached hydrogens (primary N) is 1. The largest absolute Gasteiger partial charge is 0.511 e. The van der Waals surface area contributed by atoms with Gasteiger partial charge in [-0.1, -0.05) is 6.92 Å². The van der Waals surface area contributed by atoms with Gasteiger partial charge in [-0.2, -0.15) is 0 Å². The smallest absolute Gasteiger partial charge is 0.449 e. The Bertz CT molecular complexity index is 1110. The Morgan fingerprint density at radius 3 is 2.69 bits per heavy atom. The number of halogens is 2. The number of rotatable bonds is 3. The first-order chi connectivity index (χ1) is 13.7. The molecule has 0 bridgehead atoms. The van der Waals surface area contributed by atoms with Gasteiger partial charge < -0.3 is 25.0 Å². The average molecular weight is 405 g/mol. The lowest BCUT2D eigenvalue weighted by molar-refractivity contribution is 0.0771. The van der Waals surface area contributed by atoms with Crippen molar-refractivity contribution in [3.8, 4) is 5.75 Å². The second-order valence-electron chi connectivity index (χ2n) is 8.76. The fourth-order valence-corrected chi connectivity index (χ4v) is 5.14. The molecule has 2 aromatic rings. The summed E-state index contributed by atoms with van der Waals surface area (Å²) in [6, 6.07) is 0.936. The van der Waals surface area contributed by atoms with Crippen molar-refractivity contribution in [1.82, 2.24) is 4.57 Å². The molecule has 1 aromatic heterocycles. The van der Waals surface area contributed by atoms with E-state index in [0.29, 0.717) is 13.1 Å². The Kier molecular flexibility index (Phi) is 3.74. The summed E-state index contributed by atoms with van der Waals surface area (Å²) in [5.41, 5.74) is 5.00. The molecule has 3 aliphatic rings. The molecule has 0 radical (unpaired) electrons. The average Bonchev–Trinajstić information content (AvgIpc) is 3.42. The number of anilines is 1. The van der Waals surface area contributed by atoms with Crippen molar-refractivity contribution < 1.29 is 23.4 Å². The molecule has 2 saturated carbocycles. The molecule has 5 rings (SSSR count). The minimum absolute atomic E-state index is 0.0136. The summed E-state index contributed by atoms with van der Waals surface area (Å²) in [4.78, 5) is 25.2. The predicted octanol–water partition coefficient (Wildman–Crippen LogP) is 2.84. The summed E-state index contributed by atoms with van der Waals surface area (Å²) in [5, 5.41) is 8.65. The van der Waals surface area contributed by atoms with Crippen LogP contribution in [0.25, 0.3) is 10.9 Å². The third-order valence-corrected chi connectivity index (χ3v) is 6.69. The summed E-state index contributed by atoms with van der Waals surface area (Å²) >= 11 is 0. The van der Waals surface area contributed by atoms with Crippen LogP contribution in [-0.2, 0) is 0 Å². The van der Waals surface area contributed by atoms with Crippen LogP contribution in [0.3, 0.4) is 0 Å². The molecule has 3 atom stereocenters. The van der Waals surface area contributed by atoms with Gasteiger partial charge in [-0.15, -0.1) is 0 Å². The molecule has 9 heteroatoms. The highest BCUT2D eigenvalue weighted by Gasteiger charge is 2.55. The fraction of sp³-hybridized carbons (Fsp3) is 0.500. The van der Waals surface area contributed by atoms with Gasteiger partial charge in [-0.3, -0.25) is 4.79 Å². The number of ether oxygens (including phenoxy) is 1. The Hall–Kier alpha value is -2.68. The zero-order valence-electron chi connectivity index (χ0n) is 15.8. The normalized spacial score (nSPS) is 28.3. The molecule has 0 unspecified atom stereocenters. The number of aromatic nitrogens is 1. The van der Waals surface area contributed by atoms with Crippen LogP contribution < -0.4 is 20.8 Å². The first-order valence-electron chi connectivity index (χ1n) is 9.68. The molecule has 154 valence electrons. The zero-order chi connectivity index (χ0) is 20.7. The molecule has 3 fully saturated rings. The molecule has 29 heavy (non-hydrogen) atoms. The van der Waals surface area contributed by atoms with E-state index < -0.39 is 29.0 Å². The van der Waals surface area contributed by atoms with Gasteiger partial charge in [0.05, 0.1) is 17.1 Å². The number of carbonyl (C=O) groups is 1. The third kappa shape index (κ3) is 2.63. The monoisotopic (exact) mass is 405 g/mol. The van der Waals surface area contributed by atoms with Gasteiger partial charge in [0.1, 0.15) is 11.5 Å². The van der Waals surface area contributed by atoms with Gasteiger partial charge in [0.15, 0.2) is 11.6 Å². The van der Waals surface area contributed by atoms with E-state index in [4.69, 9.17) is 10.8 Å². The van der Waals surface area contributed by atoms with Crippen LogP contribution in [0.15, 0.2) is 17.1 Å². The van der Waals surface area contributed by atoms with Crippen molar-refractivity contribution >= 4 is 22.7 Å². The maximum absolute atomic E-state index is 15.7. The number of carboxylic acid groups (broad SMARTS) is 1. The number of hydrogen-bond donors (Lipinski definition) is 2. The first kappa shape index (κ1) is 18.4. The van der Waals surface area contributed by atoms with Crippen molar-refractivity contribution in [2.45, 2.75) is 38.3 Å². The Balaban J connectivity index is 1.69. The summed E-state index contributed by atoms with van der Waals surface area (Å²) in [6.07, 6.45) is 1.89. The van der Waals surface area contributed by atoms with Crippen LogP contribution in [0.1, 0.15) is 32.2 Å². The topological polar surface area (TPSA) is 97.8 Å². The minimum atomic E-state index is -1.65. The van der Waals surface area contributed by atoms with E-state index in [0.717, 1.165) is 25.3 Å². The lowest BCUT2D eigenvalue weighted by Gasteiger charge is -2.46. The minimum Gasteiger partial charge on any atom is -0.449 e. The van der Waals surface area contributed by atoms with Crippen LogP contribution in [0.4, 0.5) is 19.3 Å². The van der Waals surface area contributed by atoms with Crippen molar-refractivity contribution in [2.75, 3.05) is 18.0 Å². The standard InChI is InChI=1S/C20H21F2N3O4/c1-20-5-13(23)11(20)6-24(8-20)17-12(21)4-10-16(15(17)22)25(9-2-3-9)7-14(18(10)26)29-19(27)28/h4,7,9,11,13H,2-3,5-6,8,23H2,1H3,(H,27,28)/t11-,13-,20+/m0/s1. The lowest BCUT2D eigenvalue weighted by atomic mass is 9.60. The summed E-state index contributed by atoms with van der Waals surface area (Å²) in [5.74, 6) is -1.93. The highest BCUT2D eigenvalue weighted by atomic mass is 19.1. The Labute approximate surface area is 164 Å². The van der Waals surface area contributed by atoms with E-state index in [1.807, 2.05) is 0 Å². The maximum atomic E-state index is 15.7. The molecule has 0 amide bonds. The number of benzene rings is 1. The molecular weight excluding hydrogens is 384 g/mol. The van der Waals surface area contributed by atoms with Gasteiger partial charge in [-0.05, 0) is 36.7 Å². The third-order valence-electron chi connectivity index (χ3n) is 6.69. The lowest BCUT2D eigenvalue weighted by Crippen LogP contribution is -2.53. The van der Waals surface area contributed by atoms with Gasteiger partial charge >= 0.3 is 6.16 Å². The van der Waals surface area contributed by atoms with Crippen molar-refractivity contribution in [3.63, 3.8) is 0 Å². The van der Waals surface area contributed by atoms with Gasteiger partial charge in [0.2, 0.25) is 5.43 Å². The van der Waals surface area contributed by atoms with E-state index in [9.17, 15) is 9.59 Å².